The molecule has 2 N–H and O–H groups in total. The lowest BCUT2D eigenvalue weighted by Crippen LogP contribution is -2.15. The van der Waals surface area contributed by atoms with E-state index >= 15 is 0 Å². The number of nitrogens with two attached hydrogens (primary N) is 1. The van der Waals surface area contributed by atoms with E-state index in [1.807, 2.05) is 0 Å². The van der Waals surface area contributed by atoms with Crippen molar-refractivity contribution in [3.63, 3.8) is 0 Å². The smallest absolute Gasteiger partial charge is 0.279 e. The summed E-state index contributed by atoms with van der Waals surface area (Å²) in [6.07, 6.45) is 0. The number of carbonyl (C=O) groups is 1. The molecule has 140 valence electrons. The van der Waals surface area contributed by atoms with Crippen LogP contribution in [0, 0.1) is 5.82 Å². The third kappa shape index (κ3) is 3.41. The largest absolute Gasteiger partial charge is 0.493 e. The normalized spacial score (nSPS) is 10.5. The highest BCUT2D eigenvalue weighted by atomic mass is 19.1. The number of anilines is 1. The summed E-state index contributed by atoms with van der Waals surface area (Å²) < 4.78 is 30.2. The average molecular weight is 371 g/mol. The molecule has 0 radical (unpaired) electrons. The number of ether oxygens (including phenoxy) is 3. The molecule has 0 aliphatic rings. The van der Waals surface area contributed by atoms with Gasteiger partial charge in [0.25, 0.3) is 5.91 Å². The van der Waals surface area contributed by atoms with Crippen molar-refractivity contribution < 1.29 is 23.4 Å². The zero-order chi connectivity index (χ0) is 19.6. The van der Waals surface area contributed by atoms with Gasteiger partial charge in [-0.2, -0.15) is 4.68 Å². The van der Waals surface area contributed by atoms with Gasteiger partial charge in [-0.15, -0.1) is 5.10 Å². The summed E-state index contributed by atoms with van der Waals surface area (Å²) >= 11 is 0. The standard InChI is InChI=1S/C19H18FN3O4/c1-25-15-8-12(9-16(26-2)18(15)27-3)19(24)23-14(10-17(21)22-23)11-4-6-13(20)7-5-11/h4-10H,1-3H3,(H2,21,22). The van der Waals surface area contributed by atoms with Gasteiger partial charge >= 0.3 is 0 Å². The predicted molar refractivity (Wildman–Crippen MR) is 97.9 cm³/mol. The van der Waals surface area contributed by atoms with Gasteiger partial charge in [-0.3, -0.25) is 4.79 Å². The molecule has 0 saturated carbocycles. The summed E-state index contributed by atoms with van der Waals surface area (Å²) in [6.45, 7) is 0. The maximum Gasteiger partial charge on any atom is 0.279 e. The minimum absolute atomic E-state index is 0.162. The third-order valence-electron chi connectivity index (χ3n) is 3.97. The number of nitrogen functional groups attached to an aromatic ring is 1. The van der Waals surface area contributed by atoms with Crippen molar-refractivity contribution in [3.8, 4) is 28.5 Å². The first-order valence-corrected chi connectivity index (χ1v) is 7.94. The number of hydrogen-bond acceptors (Lipinski definition) is 6. The highest BCUT2D eigenvalue weighted by molar-refractivity contribution is 5.99. The van der Waals surface area contributed by atoms with E-state index in [1.54, 1.807) is 18.2 Å². The van der Waals surface area contributed by atoms with Crippen LogP contribution < -0.4 is 19.9 Å². The predicted octanol–water partition coefficient (Wildman–Crippen LogP) is 2.99. The van der Waals surface area contributed by atoms with E-state index in [-0.39, 0.29) is 17.2 Å². The van der Waals surface area contributed by atoms with Crippen LogP contribution in [0.5, 0.6) is 17.2 Å². The van der Waals surface area contributed by atoms with Crippen LogP contribution in [-0.4, -0.2) is 37.0 Å². The summed E-state index contributed by atoms with van der Waals surface area (Å²) in [5, 5.41) is 4.08. The van der Waals surface area contributed by atoms with Gasteiger partial charge in [0.1, 0.15) is 11.6 Å². The highest BCUT2D eigenvalue weighted by Crippen LogP contribution is 2.38. The zero-order valence-corrected chi connectivity index (χ0v) is 15.0. The maximum absolute atomic E-state index is 13.2. The van der Waals surface area contributed by atoms with Crippen molar-refractivity contribution in [3.05, 3.63) is 53.8 Å². The van der Waals surface area contributed by atoms with Gasteiger partial charge in [-0.25, -0.2) is 4.39 Å². The van der Waals surface area contributed by atoms with E-state index in [4.69, 9.17) is 19.9 Å². The van der Waals surface area contributed by atoms with E-state index in [9.17, 15) is 9.18 Å². The van der Waals surface area contributed by atoms with E-state index in [0.29, 0.717) is 28.5 Å². The Balaban J connectivity index is 2.11. The maximum atomic E-state index is 13.2. The van der Waals surface area contributed by atoms with Gasteiger partial charge in [0.15, 0.2) is 11.5 Å². The number of methoxy groups -OCH3 is 3. The minimum atomic E-state index is -0.453. The van der Waals surface area contributed by atoms with Gasteiger partial charge in [-0.05, 0) is 36.4 Å². The Labute approximate surface area is 155 Å². The molecule has 0 atom stereocenters. The molecular weight excluding hydrogens is 353 g/mol. The summed E-state index contributed by atoms with van der Waals surface area (Å²) in [5.41, 5.74) is 7.09. The van der Waals surface area contributed by atoms with Crippen LogP contribution in [0.1, 0.15) is 10.4 Å². The lowest BCUT2D eigenvalue weighted by atomic mass is 10.1. The topological polar surface area (TPSA) is 88.6 Å². The Morgan fingerprint density at radius 1 is 1.00 bits per heavy atom. The summed E-state index contributed by atoms with van der Waals surface area (Å²) in [6, 6.07) is 10.3. The molecule has 0 unspecified atom stereocenters. The fourth-order valence-corrected chi connectivity index (χ4v) is 2.71. The Hall–Kier alpha value is -3.55. The lowest BCUT2D eigenvalue weighted by Gasteiger charge is -2.14. The van der Waals surface area contributed by atoms with Gasteiger partial charge in [0.2, 0.25) is 5.75 Å². The van der Waals surface area contributed by atoms with Crippen molar-refractivity contribution in [1.29, 1.82) is 0 Å². The first-order valence-electron chi connectivity index (χ1n) is 7.94. The minimum Gasteiger partial charge on any atom is -0.493 e. The Kier molecular flexibility index (Phi) is 4.98. The van der Waals surface area contributed by atoms with E-state index in [0.717, 1.165) is 4.68 Å². The highest BCUT2D eigenvalue weighted by Gasteiger charge is 2.21. The molecule has 0 amide bonds. The van der Waals surface area contributed by atoms with Crippen molar-refractivity contribution in [1.82, 2.24) is 9.78 Å². The number of rotatable bonds is 5. The van der Waals surface area contributed by atoms with Crippen molar-refractivity contribution in [2.45, 2.75) is 0 Å². The summed E-state index contributed by atoms with van der Waals surface area (Å²) in [5.74, 6) is 0.372. The molecule has 0 fully saturated rings. The third-order valence-corrected chi connectivity index (χ3v) is 3.97. The molecule has 1 aromatic heterocycles. The SMILES string of the molecule is COc1cc(C(=O)n2nc(N)cc2-c2ccc(F)cc2)cc(OC)c1OC. The molecule has 7 nitrogen and oxygen atoms in total. The molecule has 2 aromatic carbocycles. The molecule has 0 aliphatic heterocycles. The Morgan fingerprint density at radius 2 is 1.59 bits per heavy atom. The summed E-state index contributed by atoms with van der Waals surface area (Å²) in [4.78, 5) is 13.1. The molecule has 0 bridgehead atoms. The fourth-order valence-electron chi connectivity index (χ4n) is 2.71. The number of benzene rings is 2. The second-order valence-electron chi connectivity index (χ2n) is 5.59. The van der Waals surface area contributed by atoms with Crippen LogP contribution in [0.4, 0.5) is 10.2 Å². The Bertz CT molecular complexity index is 958. The second-order valence-corrected chi connectivity index (χ2v) is 5.59. The van der Waals surface area contributed by atoms with Gasteiger partial charge in [0.05, 0.1) is 27.0 Å². The molecule has 0 saturated heterocycles. The van der Waals surface area contributed by atoms with Crippen molar-refractivity contribution in [2.75, 3.05) is 27.1 Å². The van der Waals surface area contributed by atoms with E-state index < -0.39 is 5.91 Å². The van der Waals surface area contributed by atoms with Crippen LogP contribution in [0.2, 0.25) is 0 Å². The van der Waals surface area contributed by atoms with Crippen LogP contribution in [-0.2, 0) is 0 Å². The van der Waals surface area contributed by atoms with Crippen LogP contribution in [0.15, 0.2) is 42.5 Å². The molecular formula is C19H18FN3O4. The number of halogens is 1. The van der Waals surface area contributed by atoms with E-state index in [2.05, 4.69) is 5.10 Å². The van der Waals surface area contributed by atoms with Crippen LogP contribution in [0.3, 0.4) is 0 Å². The second kappa shape index (κ2) is 7.36. The molecule has 0 aliphatic carbocycles. The number of aromatic nitrogens is 2. The first-order chi connectivity index (χ1) is 13.0. The molecule has 27 heavy (non-hydrogen) atoms. The van der Waals surface area contributed by atoms with Gasteiger partial charge < -0.3 is 19.9 Å². The number of carbonyl (C=O) groups excluding carboxylic acids is 1. The number of hydrogen-bond donors (Lipinski definition) is 1. The van der Waals surface area contributed by atoms with Crippen LogP contribution >= 0.6 is 0 Å². The zero-order valence-electron chi connectivity index (χ0n) is 15.0. The Morgan fingerprint density at radius 3 is 2.11 bits per heavy atom. The van der Waals surface area contributed by atoms with Crippen LogP contribution in [0.25, 0.3) is 11.3 Å². The molecule has 8 heteroatoms. The summed E-state index contributed by atoms with van der Waals surface area (Å²) in [7, 11) is 4.39. The first kappa shape index (κ1) is 18.2. The molecule has 0 spiro atoms. The lowest BCUT2D eigenvalue weighted by molar-refractivity contribution is 0.0946. The molecule has 3 aromatic rings. The van der Waals surface area contributed by atoms with Gasteiger partial charge in [0, 0.05) is 17.2 Å². The van der Waals surface area contributed by atoms with Crippen molar-refractivity contribution in [2.24, 2.45) is 0 Å². The van der Waals surface area contributed by atoms with Gasteiger partial charge in [-0.1, -0.05) is 0 Å². The molecule has 1 heterocycles. The average Bonchev–Trinajstić information content (AvgIpc) is 3.08. The fraction of sp³-hybridized carbons (Fsp3) is 0.158. The van der Waals surface area contributed by atoms with Crippen molar-refractivity contribution >= 4 is 11.7 Å². The molecule has 3 rings (SSSR count). The number of nitrogens with zero attached hydrogens (tertiary/aromatic N) is 2. The quantitative estimate of drug-likeness (QED) is 0.742. The monoisotopic (exact) mass is 371 g/mol. The van der Waals surface area contributed by atoms with E-state index in [1.165, 1.54) is 45.6 Å².